The van der Waals surface area contributed by atoms with E-state index in [0.29, 0.717) is 18.4 Å². The number of carbonyl (C=O) groups is 2. The minimum absolute atomic E-state index is 0.109. The first-order chi connectivity index (χ1) is 11.0. The van der Waals surface area contributed by atoms with E-state index in [1.807, 2.05) is 18.2 Å². The summed E-state index contributed by atoms with van der Waals surface area (Å²) in [6.45, 7) is -0.109. The SMILES string of the molecule is CN(C)C(=O)CCC/C=C/C[C@H](CO)NC(=O)c1ccccc1. The average molecular weight is 318 g/mol. The lowest BCUT2D eigenvalue weighted by molar-refractivity contribution is -0.128. The fraction of sp³-hybridized carbons (Fsp3) is 0.444. The van der Waals surface area contributed by atoms with Gasteiger partial charge in [0.05, 0.1) is 12.6 Å². The van der Waals surface area contributed by atoms with E-state index < -0.39 is 0 Å². The number of rotatable bonds is 9. The standard InChI is InChI=1S/C18H26N2O3/c1-20(2)17(22)13-9-4-3-8-12-16(14-21)19-18(23)15-10-6-5-7-11-15/h3,5-8,10-11,16,21H,4,9,12-14H2,1-2H3,(H,19,23)/b8-3+/t16-/m1/s1. The number of benzene rings is 1. The van der Waals surface area contributed by atoms with Crippen molar-refractivity contribution in [2.24, 2.45) is 0 Å². The predicted molar refractivity (Wildman–Crippen MR) is 91.1 cm³/mol. The summed E-state index contributed by atoms with van der Waals surface area (Å²) in [5.74, 6) is -0.0589. The lowest BCUT2D eigenvalue weighted by Crippen LogP contribution is -2.37. The molecule has 0 heterocycles. The van der Waals surface area contributed by atoms with Crippen molar-refractivity contribution in [1.29, 1.82) is 0 Å². The molecule has 0 unspecified atom stereocenters. The van der Waals surface area contributed by atoms with E-state index in [-0.39, 0.29) is 24.5 Å². The van der Waals surface area contributed by atoms with Crippen LogP contribution in [0.15, 0.2) is 42.5 Å². The van der Waals surface area contributed by atoms with Gasteiger partial charge in [0.2, 0.25) is 5.91 Å². The summed E-state index contributed by atoms with van der Waals surface area (Å²) in [6, 6.07) is 8.63. The third-order valence-electron chi connectivity index (χ3n) is 3.44. The quantitative estimate of drug-likeness (QED) is 0.540. The number of aliphatic hydroxyl groups excluding tert-OH is 1. The van der Waals surface area contributed by atoms with Crippen molar-refractivity contribution in [2.45, 2.75) is 31.7 Å². The smallest absolute Gasteiger partial charge is 0.251 e. The van der Waals surface area contributed by atoms with Crippen molar-refractivity contribution in [3.05, 3.63) is 48.0 Å². The molecular weight excluding hydrogens is 292 g/mol. The first-order valence-corrected chi connectivity index (χ1v) is 7.86. The van der Waals surface area contributed by atoms with Gasteiger partial charge in [0, 0.05) is 26.1 Å². The second-order valence-corrected chi connectivity index (χ2v) is 5.61. The monoisotopic (exact) mass is 318 g/mol. The fourth-order valence-corrected chi connectivity index (χ4v) is 2.01. The normalized spacial score (nSPS) is 12.1. The molecule has 5 nitrogen and oxygen atoms in total. The maximum Gasteiger partial charge on any atom is 0.251 e. The van der Waals surface area contributed by atoms with E-state index in [9.17, 15) is 14.7 Å². The Morgan fingerprint density at radius 3 is 2.52 bits per heavy atom. The highest BCUT2D eigenvalue weighted by molar-refractivity contribution is 5.94. The first-order valence-electron chi connectivity index (χ1n) is 7.86. The number of carbonyl (C=O) groups excluding carboxylic acids is 2. The zero-order chi connectivity index (χ0) is 17.1. The summed E-state index contributed by atoms with van der Waals surface area (Å²) in [4.78, 5) is 25.0. The Morgan fingerprint density at radius 2 is 1.91 bits per heavy atom. The van der Waals surface area contributed by atoms with Gasteiger partial charge in [0.1, 0.15) is 0 Å². The molecule has 1 aromatic rings. The molecule has 0 spiro atoms. The molecule has 0 aromatic heterocycles. The number of nitrogens with zero attached hydrogens (tertiary/aromatic N) is 1. The molecule has 23 heavy (non-hydrogen) atoms. The predicted octanol–water partition coefficient (Wildman–Crippen LogP) is 1.98. The molecule has 1 rings (SSSR count). The van der Waals surface area contributed by atoms with Gasteiger partial charge in [0.15, 0.2) is 0 Å². The van der Waals surface area contributed by atoms with Crippen molar-refractivity contribution in [2.75, 3.05) is 20.7 Å². The molecule has 2 amide bonds. The summed E-state index contributed by atoms with van der Waals surface area (Å²) in [7, 11) is 3.50. The Hall–Kier alpha value is -2.14. The molecule has 126 valence electrons. The van der Waals surface area contributed by atoms with Gasteiger partial charge in [-0.3, -0.25) is 9.59 Å². The van der Waals surface area contributed by atoms with Crippen LogP contribution in [0.1, 0.15) is 36.0 Å². The molecule has 0 aliphatic heterocycles. The van der Waals surface area contributed by atoms with Gasteiger partial charge in [-0.05, 0) is 31.4 Å². The fourth-order valence-electron chi connectivity index (χ4n) is 2.01. The highest BCUT2D eigenvalue weighted by Gasteiger charge is 2.11. The van der Waals surface area contributed by atoms with Crippen LogP contribution in [0.2, 0.25) is 0 Å². The van der Waals surface area contributed by atoms with E-state index >= 15 is 0 Å². The molecule has 0 saturated carbocycles. The van der Waals surface area contributed by atoms with E-state index in [4.69, 9.17) is 0 Å². The van der Waals surface area contributed by atoms with Gasteiger partial charge in [-0.15, -0.1) is 0 Å². The van der Waals surface area contributed by atoms with E-state index in [2.05, 4.69) is 5.32 Å². The van der Waals surface area contributed by atoms with E-state index in [1.54, 1.807) is 43.3 Å². The molecule has 0 radical (unpaired) electrons. The summed E-state index contributed by atoms with van der Waals surface area (Å²) < 4.78 is 0. The van der Waals surface area contributed by atoms with Gasteiger partial charge in [-0.1, -0.05) is 30.4 Å². The molecule has 0 bridgehead atoms. The second-order valence-electron chi connectivity index (χ2n) is 5.61. The van der Waals surface area contributed by atoms with Gasteiger partial charge in [0.25, 0.3) is 5.91 Å². The van der Waals surface area contributed by atoms with Crippen LogP contribution in [0.3, 0.4) is 0 Å². The molecule has 0 fully saturated rings. The number of aliphatic hydroxyl groups is 1. The van der Waals surface area contributed by atoms with Crippen LogP contribution in [0.4, 0.5) is 0 Å². The van der Waals surface area contributed by atoms with Crippen molar-refractivity contribution < 1.29 is 14.7 Å². The van der Waals surface area contributed by atoms with Crippen molar-refractivity contribution >= 4 is 11.8 Å². The first kappa shape index (κ1) is 18.9. The molecule has 0 aliphatic carbocycles. The number of nitrogens with one attached hydrogen (secondary N) is 1. The maximum atomic E-state index is 12.0. The van der Waals surface area contributed by atoms with Crippen LogP contribution in [0, 0.1) is 0 Å². The van der Waals surface area contributed by atoms with Crippen molar-refractivity contribution in [3.63, 3.8) is 0 Å². The third-order valence-corrected chi connectivity index (χ3v) is 3.44. The van der Waals surface area contributed by atoms with Crippen LogP contribution in [0.25, 0.3) is 0 Å². The Labute approximate surface area is 138 Å². The third kappa shape index (κ3) is 7.61. The number of allylic oxidation sites excluding steroid dienone is 1. The van der Waals surface area contributed by atoms with Gasteiger partial charge < -0.3 is 15.3 Å². The largest absolute Gasteiger partial charge is 0.394 e. The lowest BCUT2D eigenvalue weighted by Gasteiger charge is -2.14. The van der Waals surface area contributed by atoms with Crippen LogP contribution >= 0.6 is 0 Å². The minimum Gasteiger partial charge on any atom is -0.394 e. The molecule has 5 heteroatoms. The number of hydrogen-bond donors (Lipinski definition) is 2. The van der Waals surface area contributed by atoms with Crippen molar-refractivity contribution in [3.8, 4) is 0 Å². The molecule has 1 atom stereocenters. The van der Waals surface area contributed by atoms with E-state index in [1.165, 1.54) is 0 Å². The Kier molecular flexibility index (Phi) is 8.68. The molecule has 1 aromatic carbocycles. The second kappa shape index (κ2) is 10.6. The highest BCUT2D eigenvalue weighted by Crippen LogP contribution is 2.03. The number of hydrogen-bond acceptors (Lipinski definition) is 3. The lowest BCUT2D eigenvalue weighted by atomic mass is 10.1. The molecular formula is C18H26N2O3. The molecule has 0 saturated heterocycles. The van der Waals surface area contributed by atoms with E-state index in [0.717, 1.165) is 12.8 Å². The Balaban J connectivity index is 2.29. The zero-order valence-electron chi connectivity index (χ0n) is 13.9. The Bertz CT molecular complexity index is 512. The van der Waals surface area contributed by atoms with Crippen molar-refractivity contribution in [1.82, 2.24) is 10.2 Å². The van der Waals surface area contributed by atoms with Crippen LogP contribution in [-0.4, -0.2) is 48.6 Å². The average Bonchev–Trinajstić information content (AvgIpc) is 2.57. The minimum atomic E-state index is -0.303. The summed E-state index contributed by atoms with van der Waals surface area (Å²) in [6.07, 6.45) is 6.63. The molecule has 0 aliphatic rings. The molecule has 2 N–H and O–H groups in total. The van der Waals surface area contributed by atoms with Gasteiger partial charge >= 0.3 is 0 Å². The van der Waals surface area contributed by atoms with Gasteiger partial charge in [-0.25, -0.2) is 0 Å². The number of unbranched alkanes of at least 4 members (excludes halogenated alkanes) is 1. The topological polar surface area (TPSA) is 69.6 Å². The Morgan fingerprint density at radius 1 is 1.22 bits per heavy atom. The van der Waals surface area contributed by atoms with Gasteiger partial charge in [-0.2, -0.15) is 0 Å². The summed E-state index contributed by atoms with van der Waals surface area (Å²) in [5, 5.41) is 12.2. The summed E-state index contributed by atoms with van der Waals surface area (Å²) >= 11 is 0. The maximum absolute atomic E-state index is 12.0. The van der Waals surface area contributed by atoms with Crippen LogP contribution < -0.4 is 5.32 Å². The van der Waals surface area contributed by atoms with Crippen LogP contribution in [-0.2, 0) is 4.79 Å². The highest BCUT2D eigenvalue weighted by atomic mass is 16.3. The van der Waals surface area contributed by atoms with Crippen LogP contribution in [0.5, 0.6) is 0 Å². The summed E-state index contributed by atoms with van der Waals surface area (Å²) in [5.41, 5.74) is 0.581. The number of amides is 2. The zero-order valence-corrected chi connectivity index (χ0v) is 13.9.